The molecule has 0 saturated carbocycles. The minimum absolute atomic E-state index is 0.0228. The molecular formula is C12H8ClFN2O3S. The maximum absolute atomic E-state index is 13.3. The zero-order valence-corrected chi connectivity index (χ0v) is 11.7. The van der Waals surface area contributed by atoms with Gasteiger partial charge in [-0.3, -0.25) is 4.79 Å². The molecule has 0 amide bonds. The van der Waals surface area contributed by atoms with E-state index in [0.29, 0.717) is 5.69 Å². The summed E-state index contributed by atoms with van der Waals surface area (Å²) in [5.41, 5.74) is 0.0344. The van der Waals surface area contributed by atoms with Crippen molar-refractivity contribution in [1.82, 2.24) is 4.98 Å². The van der Waals surface area contributed by atoms with E-state index in [9.17, 15) is 14.0 Å². The van der Waals surface area contributed by atoms with Crippen molar-refractivity contribution in [2.45, 2.75) is 6.92 Å². The van der Waals surface area contributed by atoms with Crippen LogP contribution in [0.25, 0.3) is 0 Å². The number of benzene rings is 1. The molecule has 0 unspecified atom stereocenters. The van der Waals surface area contributed by atoms with Crippen molar-refractivity contribution in [2.75, 3.05) is 5.32 Å². The first-order valence-corrected chi connectivity index (χ1v) is 6.55. The minimum Gasteiger partial charge on any atom is -0.476 e. The van der Waals surface area contributed by atoms with Crippen LogP contribution in [0.5, 0.6) is 0 Å². The van der Waals surface area contributed by atoms with Crippen LogP contribution in [0.15, 0.2) is 18.2 Å². The highest BCUT2D eigenvalue weighted by atomic mass is 35.5. The lowest BCUT2D eigenvalue weighted by Gasteiger charge is -2.02. The number of carboxylic acids is 1. The second-order valence-electron chi connectivity index (χ2n) is 3.81. The SMILES string of the molecule is CC(=O)c1sc(Nc2ccc(Cl)c(F)c2)nc1C(=O)O. The Morgan fingerprint density at radius 1 is 1.45 bits per heavy atom. The zero-order chi connectivity index (χ0) is 14.9. The summed E-state index contributed by atoms with van der Waals surface area (Å²) < 4.78 is 13.3. The van der Waals surface area contributed by atoms with Crippen LogP contribution in [0.4, 0.5) is 15.2 Å². The van der Waals surface area contributed by atoms with Gasteiger partial charge in [-0.05, 0) is 18.2 Å². The van der Waals surface area contributed by atoms with Gasteiger partial charge in [0.05, 0.1) is 5.02 Å². The third kappa shape index (κ3) is 2.94. The van der Waals surface area contributed by atoms with Crippen molar-refractivity contribution >= 4 is 45.5 Å². The van der Waals surface area contributed by atoms with E-state index in [4.69, 9.17) is 16.7 Å². The largest absolute Gasteiger partial charge is 0.476 e. The Morgan fingerprint density at radius 3 is 2.65 bits per heavy atom. The van der Waals surface area contributed by atoms with Crippen molar-refractivity contribution in [3.05, 3.63) is 39.6 Å². The summed E-state index contributed by atoms with van der Waals surface area (Å²) in [5, 5.41) is 11.9. The van der Waals surface area contributed by atoms with Gasteiger partial charge in [0, 0.05) is 12.6 Å². The van der Waals surface area contributed by atoms with E-state index in [2.05, 4.69) is 10.3 Å². The van der Waals surface area contributed by atoms with Crippen molar-refractivity contribution < 1.29 is 19.1 Å². The first-order chi connectivity index (χ1) is 9.38. The summed E-state index contributed by atoms with van der Waals surface area (Å²) in [6, 6.07) is 4.02. The highest BCUT2D eigenvalue weighted by Gasteiger charge is 2.20. The van der Waals surface area contributed by atoms with Crippen LogP contribution in [-0.4, -0.2) is 21.8 Å². The fourth-order valence-corrected chi connectivity index (χ4v) is 2.44. The number of Topliss-reactive ketones (excluding diaryl/α,β-unsaturated/α-hetero) is 1. The zero-order valence-electron chi connectivity index (χ0n) is 10.1. The Balaban J connectivity index is 2.34. The average molecular weight is 315 g/mol. The molecule has 0 aliphatic heterocycles. The quantitative estimate of drug-likeness (QED) is 0.843. The van der Waals surface area contributed by atoms with E-state index in [-0.39, 0.29) is 20.7 Å². The van der Waals surface area contributed by atoms with Gasteiger partial charge in [0.15, 0.2) is 16.6 Å². The van der Waals surface area contributed by atoms with Gasteiger partial charge in [0.1, 0.15) is 10.7 Å². The van der Waals surface area contributed by atoms with E-state index >= 15 is 0 Å². The number of carbonyl (C=O) groups excluding carboxylic acids is 1. The number of hydrogen-bond donors (Lipinski definition) is 2. The van der Waals surface area contributed by atoms with E-state index in [1.807, 2.05) is 0 Å². The third-order valence-corrected chi connectivity index (χ3v) is 3.70. The van der Waals surface area contributed by atoms with Crippen LogP contribution >= 0.6 is 22.9 Å². The Morgan fingerprint density at radius 2 is 2.15 bits per heavy atom. The van der Waals surface area contributed by atoms with Crippen molar-refractivity contribution in [3.8, 4) is 0 Å². The second-order valence-corrected chi connectivity index (χ2v) is 5.22. The lowest BCUT2D eigenvalue weighted by atomic mass is 10.3. The molecule has 0 fully saturated rings. The van der Waals surface area contributed by atoms with Crippen molar-refractivity contribution in [3.63, 3.8) is 0 Å². The van der Waals surface area contributed by atoms with Gasteiger partial charge < -0.3 is 10.4 Å². The number of hydrogen-bond acceptors (Lipinski definition) is 5. The van der Waals surface area contributed by atoms with Gasteiger partial charge in [-0.2, -0.15) is 0 Å². The number of ketones is 1. The Bertz CT molecular complexity index is 671. The topological polar surface area (TPSA) is 79.3 Å². The van der Waals surface area contributed by atoms with Crippen LogP contribution in [0.2, 0.25) is 5.02 Å². The molecule has 0 aliphatic carbocycles. The molecule has 104 valence electrons. The van der Waals surface area contributed by atoms with Gasteiger partial charge >= 0.3 is 5.97 Å². The van der Waals surface area contributed by atoms with Crippen LogP contribution in [0.1, 0.15) is 27.1 Å². The summed E-state index contributed by atoms with van der Waals surface area (Å²) >= 11 is 6.45. The molecule has 2 aromatic rings. The molecule has 8 heteroatoms. The number of aromatic nitrogens is 1. The predicted molar refractivity (Wildman–Crippen MR) is 73.8 cm³/mol. The van der Waals surface area contributed by atoms with E-state index < -0.39 is 17.6 Å². The normalized spacial score (nSPS) is 10.3. The van der Waals surface area contributed by atoms with Gasteiger partial charge in [-0.25, -0.2) is 14.2 Å². The smallest absolute Gasteiger partial charge is 0.356 e. The van der Waals surface area contributed by atoms with Crippen molar-refractivity contribution in [2.24, 2.45) is 0 Å². The number of carbonyl (C=O) groups is 2. The summed E-state index contributed by atoms with van der Waals surface area (Å²) in [4.78, 5) is 26.2. The number of rotatable bonds is 4. The molecule has 2 N–H and O–H groups in total. The second kappa shape index (κ2) is 5.56. The molecule has 0 bridgehead atoms. The molecule has 0 atom stereocenters. The molecular weight excluding hydrogens is 307 g/mol. The maximum Gasteiger partial charge on any atom is 0.356 e. The maximum atomic E-state index is 13.3. The van der Waals surface area contributed by atoms with Crippen molar-refractivity contribution in [1.29, 1.82) is 0 Å². The number of aromatic carboxylic acids is 1. The summed E-state index contributed by atoms with van der Waals surface area (Å²) in [6.07, 6.45) is 0. The summed E-state index contributed by atoms with van der Waals surface area (Å²) in [5.74, 6) is -2.30. The molecule has 1 aromatic heterocycles. The number of carboxylic acid groups (broad SMARTS) is 1. The minimum atomic E-state index is -1.29. The highest BCUT2D eigenvalue weighted by molar-refractivity contribution is 7.17. The molecule has 20 heavy (non-hydrogen) atoms. The standard InChI is InChI=1S/C12H8ClFN2O3S/c1-5(17)10-9(11(18)19)16-12(20-10)15-6-2-3-7(13)8(14)4-6/h2-4H,1H3,(H,15,16)(H,18,19). The summed E-state index contributed by atoms with van der Waals surface area (Å²) in [7, 11) is 0. The number of nitrogens with zero attached hydrogens (tertiary/aromatic N) is 1. The average Bonchev–Trinajstić information content (AvgIpc) is 2.78. The molecule has 2 rings (SSSR count). The predicted octanol–water partition coefficient (Wildman–Crippen LogP) is 3.58. The molecule has 5 nitrogen and oxygen atoms in total. The van der Waals surface area contributed by atoms with Crippen LogP contribution in [0.3, 0.4) is 0 Å². The Kier molecular flexibility index (Phi) is 4.01. The number of nitrogens with one attached hydrogen (secondary N) is 1. The summed E-state index contributed by atoms with van der Waals surface area (Å²) in [6.45, 7) is 1.26. The number of anilines is 2. The van der Waals surface area contributed by atoms with Crippen LogP contribution < -0.4 is 5.32 Å². The third-order valence-electron chi connectivity index (χ3n) is 2.32. The monoisotopic (exact) mass is 314 g/mol. The first kappa shape index (κ1) is 14.4. The van der Waals surface area contributed by atoms with Gasteiger partial charge in [0.25, 0.3) is 0 Å². The van der Waals surface area contributed by atoms with Gasteiger partial charge in [0.2, 0.25) is 0 Å². The molecule has 0 spiro atoms. The number of halogens is 2. The van der Waals surface area contributed by atoms with Gasteiger partial charge in [-0.15, -0.1) is 0 Å². The Hall–Kier alpha value is -1.99. The van der Waals surface area contributed by atoms with E-state index in [1.54, 1.807) is 0 Å². The van der Waals surface area contributed by atoms with Crippen LogP contribution in [-0.2, 0) is 0 Å². The van der Waals surface area contributed by atoms with Crippen LogP contribution in [0, 0.1) is 5.82 Å². The van der Waals surface area contributed by atoms with Gasteiger partial charge in [-0.1, -0.05) is 22.9 Å². The lowest BCUT2D eigenvalue weighted by molar-refractivity contribution is 0.0687. The fraction of sp³-hybridized carbons (Fsp3) is 0.0833. The number of thiazole rings is 1. The molecule has 0 radical (unpaired) electrons. The highest BCUT2D eigenvalue weighted by Crippen LogP contribution is 2.28. The van der Waals surface area contributed by atoms with E-state index in [0.717, 1.165) is 17.4 Å². The Labute approximate surface area is 122 Å². The molecule has 1 aromatic carbocycles. The molecule has 0 aliphatic rings. The fourth-order valence-electron chi connectivity index (χ4n) is 1.45. The first-order valence-electron chi connectivity index (χ1n) is 5.35. The lowest BCUT2D eigenvalue weighted by Crippen LogP contribution is -2.03. The molecule has 0 saturated heterocycles. The van der Waals surface area contributed by atoms with E-state index in [1.165, 1.54) is 19.1 Å². The molecule has 1 heterocycles.